The van der Waals surface area contributed by atoms with Crippen molar-refractivity contribution < 1.29 is 0 Å². The molecule has 1 heterocycles. The molecule has 0 radical (unpaired) electrons. The molecular weight excluding hydrogens is 210 g/mol. The summed E-state index contributed by atoms with van der Waals surface area (Å²) in [5.41, 5.74) is 6.91. The maximum absolute atomic E-state index is 5.77. The first-order valence-corrected chi connectivity index (χ1v) is 6.65. The predicted molar refractivity (Wildman–Crippen MR) is 74.1 cm³/mol. The number of pyridine rings is 1. The number of nitrogens with zero attached hydrogens (tertiary/aromatic N) is 2. The van der Waals surface area contributed by atoms with Gasteiger partial charge >= 0.3 is 0 Å². The van der Waals surface area contributed by atoms with E-state index in [0.717, 1.165) is 30.4 Å². The fourth-order valence-electron chi connectivity index (χ4n) is 2.10. The fourth-order valence-corrected chi connectivity index (χ4v) is 2.10. The smallest absolute Gasteiger partial charge is 0.132 e. The van der Waals surface area contributed by atoms with E-state index in [1.165, 1.54) is 12.8 Å². The molecule has 3 nitrogen and oxygen atoms in total. The van der Waals surface area contributed by atoms with E-state index in [0.29, 0.717) is 6.54 Å². The maximum Gasteiger partial charge on any atom is 0.132 e. The topological polar surface area (TPSA) is 42.2 Å². The zero-order valence-electron chi connectivity index (χ0n) is 11.3. The number of rotatable bonds is 7. The zero-order valence-corrected chi connectivity index (χ0v) is 11.3. The highest BCUT2D eigenvalue weighted by Crippen LogP contribution is 2.19. The van der Waals surface area contributed by atoms with Crippen molar-refractivity contribution in [3.8, 4) is 0 Å². The van der Waals surface area contributed by atoms with Crippen LogP contribution in [0.2, 0.25) is 0 Å². The molecular formula is C14H25N3. The van der Waals surface area contributed by atoms with Crippen molar-refractivity contribution in [2.75, 3.05) is 18.0 Å². The Labute approximate surface area is 105 Å². The van der Waals surface area contributed by atoms with E-state index in [1.807, 2.05) is 12.3 Å². The first-order chi connectivity index (χ1) is 8.26. The van der Waals surface area contributed by atoms with Crippen LogP contribution in [0.25, 0.3) is 0 Å². The van der Waals surface area contributed by atoms with Gasteiger partial charge in [-0.2, -0.15) is 0 Å². The Morgan fingerprint density at radius 1 is 1.29 bits per heavy atom. The van der Waals surface area contributed by atoms with E-state index in [4.69, 9.17) is 5.73 Å². The van der Waals surface area contributed by atoms with Gasteiger partial charge in [-0.15, -0.1) is 0 Å². The molecule has 0 aliphatic carbocycles. The lowest BCUT2D eigenvalue weighted by Crippen LogP contribution is -2.30. The van der Waals surface area contributed by atoms with Crippen molar-refractivity contribution in [1.29, 1.82) is 0 Å². The molecule has 0 unspecified atom stereocenters. The molecule has 1 aromatic rings. The average Bonchev–Trinajstić information content (AvgIpc) is 2.40. The summed E-state index contributed by atoms with van der Waals surface area (Å²) in [6, 6.07) is 4.02. The van der Waals surface area contributed by atoms with Gasteiger partial charge in [0.05, 0.1) is 0 Å². The van der Waals surface area contributed by atoms with E-state index in [9.17, 15) is 0 Å². The number of aromatic nitrogens is 1. The second-order valence-electron chi connectivity index (χ2n) is 4.41. The quantitative estimate of drug-likeness (QED) is 0.790. The van der Waals surface area contributed by atoms with Crippen LogP contribution in [0.5, 0.6) is 0 Å². The normalized spacial score (nSPS) is 10.9. The van der Waals surface area contributed by atoms with E-state index in [-0.39, 0.29) is 0 Å². The minimum Gasteiger partial charge on any atom is -0.356 e. The molecule has 1 rings (SSSR count). The SMILES string of the molecule is CCC(CC)CN(CC)c1ncccc1CN. The van der Waals surface area contributed by atoms with Crippen LogP contribution in [0.3, 0.4) is 0 Å². The van der Waals surface area contributed by atoms with Gasteiger partial charge in [-0.05, 0) is 18.9 Å². The van der Waals surface area contributed by atoms with Gasteiger partial charge in [0, 0.05) is 31.4 Å². The Bertz CT molecular complexity index is 321. The van der Waals surface area contributed by atoms with Crippen LogP contribution in [0.15, 0.2) is 18.3 Å². The van der Waals surface area contributed by atoms with Crippen molar-refractivity contribution in [2.24, 2.45) is 11.7 Å². The van der Waals surface area contributed by atoms with Gasteiger partial charge in [-0.25, -0.2) is 4.98 Å². The third-order valence-electron chi connectivity index (χ3n) is 3.40. The highest BCUT2D eigenvalue weighted by atomic mass is 15.2. The summed E-state index contributed by atoms with van der Waals surface area (Å²) in [6.45, 7) is 9.31. The van der Waals surface area contributed by atoms with Crippen LogP contribution in [0.4, 0.5) is 5.82 Å². The van der Waals surface area contributed by atoms with Gasteiger partial charge < -0.3 is 10.6 Å². The third-order valence-corrected chi connectivity index (χ3v) is 3.40. The monoisotopic (exact) mass is 235 g/mol. The number of hydrogen-bond acceptors (Lipinski definition) is 3. The van der Waals surface area contributed by atoms with Crippen molar-refractivity contribution in [3.05, 3.63) is 23.9 Å². The Balaban J connectivity index is 2.85. The lowest BCUT2D eigenvalue weighted by Gasteiger charge is -2.28. The standard InChI is InChI=1S/C14H25N3/c1-4-12(5-2)11-17(6-3)14-13(10-15)8-7-9-16-14/h7-9,12H,4-6,10-11,15H2,1-3H3. The molecule has 0 aliphatic heterocycles. The summed E-state index contributed by atoms with van der Waals surface area (Å²) in [5.74, 6) is 1.80. The average molecular weight is 235 g/mol. The Morgan fingerprint density at radius 3 is 2.53 bits per heavy atom. The number of hydrogen-bond donors (Lipinski definition) is 1. The van der Waals surface area contributed by atoms with Crippen molar-refractivity contribution in [1.82, 2.24) is 4.98 Å². The predicted octanol–water partition coefficient (Wildman–Crippen LogP) is 2.80. The molecule has 17 heavy (non-hydrogen) atoms. The zero-order chi connectivity index (χ0) is 12.7. The summed E-state index contributed by atoms with van der Waals surface area (Å²) in [4.78, 5) is 6.84. The Hall–Kier alpha value is -1.09. The van der Waals surface area contributed by atoms with Gasteiger partial charge in [0.15, 0.2) is 0 Å². The van der Waals surface area contributed by atoms with Gasteiger partial charge in [0.25, 0.3) is 0 Å². The van der Waals surface area contributed by atoms with Gasteiger partial charge in [-0.3, -0.25) is 0 Å². The van der Waals surface area contributed by atoms with Crippen LogP contribution in [-0.4, -0.2) is 18.1 Å². The van der Waals surface area contributed by atoms with E-state index >= 15 is 0 Å². The van der Waals surface area contributed by atoms with Crippen LogP contribution in [0.1, 0.15) is 39.2 Å². The van der Waals surface area contributed by atoms with Gasteiger partial charge in [0.1, 0.15) is 5.82 Å². The molecule has 3 heteroatoms. The molecule has 1 aromatic heterocycles. The molecule has 0 amide bonds. The van der Waals surface area contributed by atoms with Crippen LogP contribution in [0, 0.1) is 5.92 Å². The highest BCUT2D eigenvalue weighted by Gasteiger charge is 2.14. The molecule has 0 spiro atoms. The summed E-state index contributed by atoms with van der Waals surface area (Å²) < 4.78 is 0. The molecule has 96 valence electrons. The first kappa shape index (κ1) is 14.0. The highest BCUT2D eigenvalue weighted by molar-refractivity contribution is 5.46. The molecule has 0 atom stereocenters. The lowest BCUT2D eigenvalue weighted by molar-refractivity contribution is 0.484. The molecule has 0 bridgehead atoms. The van der Waals surface area contributed by atoms with Crippen molar-refractivity contribution in [3.63, 3.8) is 0 Å². The van der Waals surface area contributed by atoms with E-state index in [1.54, 1.807) is 0 Å². The Kier molecular flexibility index (Phi) is 5.98. The summed E-state index contributed by atoms with van der Waals surface area (Å²) in [5, 5.41) is 0. The molecule has 0 fully saturated rings. The number of nitrogens with two attached hydrogens (primary N) is 1. The van der Waals surface area contributed by atoms with E-state index in [2.05, 4.69) is 36.7 Å². The maximum atomic E-state index is 5.77. The summed E-state index contributed by atoms with van der Waals surface area (Å²) >= 11 is 0. The molecule has 0 aliphatic rings. The molecule has 0 aromatic carbocycles. The van der Waals surface area contributed by atoms with Crippen molar-refractivity contribution >= 4 is 5.82 Å². The third kappa shape index (κ3) is 3.70. The van der Waals surface area contributed by atoms with Crippen LogP contribution in [-0.2, 0) is 6.54 Å². The van der Waals surface area contributed by atoms with Crippen molar-refractivity contribution in [2.45, 2.75) is 40.2 Å². The summed E-state index contributed by atoms with van der Waals surface area (Å²) in [6.07, 6.45) is 4.29. The van der Waals surface area contributed by atoms with Gasteiger partial charge in [-0.1, -0.05) is 32.8 Å². The minimum atomic E-state index is 0.558. The molecule has 2 N–H and O–H groups in total. The minimum absolute atomic E-state index is 0.558. The molecule has 0 saturated heterocycles. The number of anilines is 1. The second kappa shape index (κ2) is 7.28. The summed E-state index contributed by atoms with van der Waals surface area (Å²) in [7, 11) is 0. The molecule has 0 saturated carbocycles. The first-order valence-electron chi connectivity index (χ1n) is 6.65. The van der Waals surface area contributed by atoms with Crippen LogP contribution < -0.4 is 10.6 Å². The second-order valence-corrected chi connectivity index (χ2v) is 4.41. The lowest BCUT2D eigenvalue weighted by atomic mass is 10.0. The van der Waals surface area contributed by atoms with E-state index < -0.39 is 0 Å². The van der Waals surface area contributed by atoms with Gasteiger partial charge in [0.2, 0.25) is 0 Å². The van der Waals surface area contributed by atoms with Crippen LogP contribution >= 0.6 is 0 Å². The fraction of sp³-hybridized carbons (Fsp3) is 0.643. The largest absolute Gasteiger partial charge is 0.356 e. The Morgan fingerprint density at radius 2 is 2.00 bits per heavy atom.